The normalized spacial score (nSPS) is 23.0. The van der Waals surface area contributed by atoms with Gasteiger partial charge in [-0.05, 0) is 30.5 Å². The van der Waals surface area contributed by atoms with Crippen molar-refractivity contribution in [2.24, 2.45) is 5.92 Å². The first-order valence-corrected chi connectivity index (χ1v) is 9.41. The van der Waals surface area contributed by atoms with Gasteiger partial charge >= 0.3 is 0 Å². The van der Waals surface area contributed by atoms with Crippen molar-refractivity contribution in [1.82, 2.24) is 19.8 Å². The number of rotatable bonds is 3. The number of aromatic nitrogens is 2. The molecular formula is C20H23N5O3. The summed E-state index contributed by atoms with van der Waals surface area (Å²) in [6, 6.07) is 10.1. The zero-order chi connectivity index (χ0) is 19.8. The number of fused-ring (bicyclic) bond motifs is 4. The molecule has 2 aromatic rings. The van der Waals surface area contributed by atoms with Crippen molar-refractivity contribution in [1.29, 1.82) is 0 Å². The van der Waals surface area contributed by atoms with E-state index in [1.807, 2.05) is 6.07 Å². The molecule has 3 atom stereocenters. The van der Waals surface area contributed by atoms with Gasteiger partial charge in [0.25, 0.3) is 11.5 Å². The van der Waals surface area contributed by atoms with Gasteiger partial charge in [-0.2, -0.15) is 0 Å². The molecule has 2 amide bonds. The Morgan fingerprint density at radius 3 is 2.75 bits per heavy atom. The van der Waals surface area contributed by atoms with Crippen LogP contribution < -0.4 is 16.6 Å². The number of nitrogens with zero attached hydrogens (tertiary/aromatic N) is 3. The standard InChI is InChI=1S/C20H23N5O3/c1-12(26)22-9-17-14-8-13(16-5-3-7-19(27)25(16)17)10-24(11-14)20(28)15-4-2-6-18(21)23-15/h2-7,13-14,17H,8-11H2,1H3,(H2,21,23)(H,22,26)/t13-,14+,17+/m1/s1. The molecule has 8 heteroatoms. The van der Waals surface area contributed by atoms with Crippen LogP contribution in [0, 0.1) is 5.92 Å². The Morgan fingerprint density at radius 1 is 1.21 bits per heavy atom. The molecule has 8 nitrogen and oxygen atoms in total. The van der Waals surface area contributed by atoms with Gasteiger partial charge in [0.2, 0.25) is 5.91 Å². The molecule has 2 aromatic heterocycles. The molecule has 4 rings (SSSR count). The van der Waals surface area contributed by atoms with Gasteiger partial charge in [-0.25, -0.2) is 4.98 Å². The highest BCUT2D eigenvalue weighted by Gasteiger charge is 2.42. The molecule has 2 bridgehead atoms. The molecule has 0 spiro atoms. The molecule has 4 heterocycles. The summed E-state index contributed by atoms with van der Waals surface area (Å²) in [6.45, 7) is 2.86. The summed E-state index contributed by atoms with van der Waals surface area (Å²) in [5.74, 6) is 0.158. The van der Waals surface area contributed by atoms with E-state index in [1.54, 1.807) is 39.8 Å². The van der Waals surface area contributed by atoms with Crippen LogP contribution in [0.15, 0.2) is 41.2 Å². The van der Waals surface area contributed by atoms with E-state index >= 15 is 0 Å². The summed E-state index contributed by atoms with van der Waals surface area (Å²) in [4.78, 5) is 43.0. The van der Waals surface area contributed by atoms with E-state index in [2.05, 4.69) is 10.3 Å². The number of piperidine rings is 1. The number of nitrogens with two attached hydrogens (primary N) is 1. The van der Waals surface area contributed by atoms with Gasteiger partial charge in [0, 0.05) is 44.2 Å². The highest BCUT2D eigenvalue weighted by Crippen LogP contribution is 2.41. The molecule has 2 aliphatic rings. The number of carbonyl (C=O) groups excluding carboxylic acids is 2. The van der Waals surface area contributed by atoms with E-state index in [1.165, 1.54) is 6.92 Å². The first kappa shape index (κ1) is 18.2. The minimum absolute atomic E-state index is 0.0696. The minimum Gasteiger partial charge on any atom is -0.384 e. The van der Waals surface area contributed by atoms with Crippen LogP contribution in [0.5, 0.6) is 0 Å². The quantitative estimate of drug-likeness (QED) is 0.816. The SMILES string of the molecule is CC(=O)NC[C@H]1[C@H]2C[C@H](CN(C(=O)c3cccc(N)n3)C2)c2cccc(=O)n21. The fourth-order valence-corrected chi connectivity index (χ4v) is 4.45. The monoisotopic (exact) mass is 381 g/mol. The molecule has 2 aliphatic heterocycles. The molecule has 0 saturated carbocycles. The van der Waals surface area contributed by atoms with E-state index in [4.69, 9.17) is 5.73 Å². The van der Waals surface area contributed by atoms with Crippen LogP contribution in [0.1, 0.15) is 41.5 Å². The van der Waals surface area contributed by atoms with Crippen molar-refractivity contribution in [3.8, 4) is 0 Å². The zero-order valence-electron chi connectivity index (χ0n) is 15.7. The van der Waals surface area contributed by atoms with Crippen LogP contribution in [0.4, 0.5) is 5.82 Å². The van der Waals surface area contributed by atoms with Gasteiger partial charge in [-0.3, -0.25) is 14.4 Å². The molecule has 0 aliphatic carbocycles. The molecule has 0 unspecified atom stereocenters. The predicted molar refractivity (Wildman–Crippen MR) is 104 cm³/mol. The maximum Gasteiger partial charge on any atom is 0.272 e. The lowest BCUT2D eigenvalue weighted by Crippen LogP contribution is -2.53. The van der Waals surface area contributed by atoms with Crippen molar-refractivity contribution in [2.75, 3.05) is 25.4 Å². The number of carbonyl (C=O) groups is 2. The molecule has 1 saturated heterocycles. The number of anilines is 1. The summed E-state index contributed by atoms with van der Waals surface area (Å²) in [6.07, 6.45) is 0.877. The Morgan fingerprint density at radius 2 is 2.00 bits per heavy atom. The van der Waals surface area contributed by atoms with E-state index in [0.717, 1.165) is 12.1 Å². The number of nitrogen functional groups attached to an aromatic ring is 1. The Balaban J connectivity index is 1.67. The van der Waals surface area contributed by atoms with Gasteiger partial charge in [0.05, 0.1) is 6.04 Å². The van der Waals surface area contributed by atoms with Crippen molar-refractivity contribution < 1.29 is 9.59 Å². The Bertz CT molecular complexity index is 986. The van der Waals surface area contributed by atoms with Crippen LogP contribution >= 0.6 is 0 Å². The molecule has 146 valence electrons. The first-order valence-electron chi connectivity index (χ1n) is 9.41. The third kappa shape index (κ3) is 3.26. The van der Waals surface area contributed by atoms with Crippen molar-refractivity contribution >= 4 is 17.6 Å². The van der Waals surface area contributed by atoms with Crippen LogP contribution in [-0.4, -0.2) is 45.9 Å². The number of likely N-dealkylation sites (tertiary alicyclic amines) is 1. The van der Waals surface area contributed by atoms with Crippen LogP contribution in [0.25, 0.3) is 0 Å². The molecule has 3 N–H and O–H groups in total. The second-order valence-corrected chi connectivity index (χ2v) is 7.51. The van der Waals surface area contributed by atoms with Crippen LogP contribution in [0.3, 0.4) is 0 Å². The fraction of sp³-hybridized carbons (Fsp3) is 0.400. The second kappa shape index (κ2) is 7.10. The maximum absolute atomic E-state index is 13.0. The summed E-state index contributed by atoms with van der Waals surface area (Å²) >= 11 is 0. The maximum atomic E-state index is 13.0. The molecule has 0 aromatic carbocycles. The fourth-order valence-electron chi connectivity index (χ4n) is 4.45. The second-order valence-electron chi connectivity index (χ2n) is 7.51. The Labute approximate surface area is 162 Å². The number of pyridine rings is 2. The first-order chi connectivity index (χ1) is 13.4. The highest BCUT2D eigenvalue weighted by molar-refractivity contribution is 5.92. The summed E-state index contributed by atoms with van der Waals surface area (Å²) < 4.78 is 1.80. The number of hydrogen-bond acceptors (Lipinski definition) is 5. The molecule has 1 fully saturated rings. The lowest BCUT2D eigenvalue weighted by atomic mass is 9.78. The lowest BCUT2D eigenvalue weighted by molar-refractivity contribution is -0.119. The molecule has 0 radical (unpaired) electrons. The topological polar surface area (TPSA) is 110 Å². The van der Waals surface area contributed by atoms with Crippen molar-refractivity contribution in [3.05, 3.63) is 58.1 Å². The lowest BCUT2D eigenvalue weighted by Gasteiger charge is -2.46. The van der Waals surface area contributed by atoms with Crippen molar-refractivity contribution in [3.63, 3.8) is 0 Å². The van der Waals surface area contributed by atoms with E-state index < -0.39 is 0 Å². The highest BCUT2D eigenvalue weighted by atomic mass is 16.2. The third-order valence-corrected chi connectivity index (χ3v) is 5.64. The number of hydrogen-bond donors (Lipinski definition) is 2. The van der Waals surface area contributed by atoms with Gasteiger partial charge in [0.1, 0.15) is 11.5 Å². The van der Waals surface area contributed by atoms with Crippen LogP contribution in [0.2, 0.25) is 0 Å². The number of nitrogens with one attached hydrogen (secondary N) is 1. The summed E-state index contributed by atoms with van der Waals surface area (Å²) in [5.41, 5.74) is 6.89. The van der Waals surface area contributed by atoms with E-state index in [-0.39, 0.29) is 35.3 Å². The predicted octanol–water partition coefficient (Wildman–Crippen LogP) is 0.762. The third-order valence-electron chi connectivity index (χ3n) is 5.64. The summed E-state index contributed by atoms with van der Waals surface area (Å²) in [5, 5.41) is 2.84. The Kier molecular flexibility index (Phi) is 4.62. The molecule has 28 heavy (non-hydrogen) atoms. The number of amides is 2. The van der Waals surface area contributed by atoms with Gasteiger partial charge in [-0.15, -0.1) is 0 Å². The van der Waals surface area contributed by atoms with E-state index in [0.29, 0.717) is 31.1 Å². The average Bonchev–Trinajstić information content (AvgIpc) is 2.67. The van der Waals surface area contributed by atoms with Crippen molar-refractivity contribution in [2.45, 2.75) is 25.3 Å². The smallest absolute Gasteiger partial charge is 0.272 e. The van der Waals surface area contributed by atoms with Gasteiger partial charge in [-0.1, -0.05) is 12.1 Å². The largest absolute Gasteiger partial charge is 0.384 e. The van der Waals surface area contributed by atoms with Gasteiger partial charge < -0.3 is 20.5 Å². The van der Waals surface area contributed by atoms with Gasteiger partial charge in [0.15, 0.2) is 0 Å². The zero-order valence-corrected chi connectivity index (χ0v) is 15.7. The van der Waals surface area contributed by atoms with Crippen LogP contribution in [-0.2, 0) is 4.79 Å². The minimum atomic E-state index is -0.187. The average molecular weight is 381 g/mol. The van der Waals surface area contributed by atoms with E-state index in [9.17, 15) is 14.4 Å². The summed E-state index contributed by atoms with van der Waals surface area (Å²) in [7, 11) is 0. The molecular weight excluding hydrogens is 358 g/mol. The Hall–Kier alpha value is -3.16.